The number of nitro groups is 1. The largest absolute Gasteiger partial charge is 0.360 e. The molecule has 3 aromatic heterocycles. The summed E-state index contributed by atoms with van der Waals surface area (Å²) in [4.78, 5) is 19.7. The first kappa shape index (κ1) is 16.6. The van der Waals surface area contributed by atoms with E-state index in [-0.39, 0.29) is 11.5 Å². The van der Waals surface area contributed by atoms with Crippen LogP contribution < -0.4 is 5.32 Å². The van der Waals surface area contributed by atoms with Crippen molar-refractivity contribution in [1.82, 2.24) is 19.7 Å². The third-order valence-corrected chi connectivity index (χ3v) is 4.20. The third-order valence-electron chi connectivity index (χ3n) is 4.20. The van der Waals surface area contributed by atoms with Crippen LogP contribution in [0.5, 0.6) is 0 Å². The third kappa shape index (κ3) is 3.45. The van der Waals surface area contributed by atoms with Gasteiger partial charge in [0.05, 0.1) is 22.3 Å². The minimum Gasteiger partial charge on any atom is -0.360 e. The number of fused-ring (bicyclic) bond motifs is 1. The summed E-state index contributed by atoms with van der Waals surface area (Å²) in [5.74, 6) is 0.229. The maximum absolute atomic E-state index is 11.4. The van der Waals surface area contributed by atoms with E-state index in [1.54, 1.807) is 23.1 Å². The van der Waals surface area contributed by atoms with Gasteiger partial charge in [0.1, 0.15) is 0 Å². The second kappa shape index (κ2) is 6.83. The van der Waals surface area contributed by atoms with Gasteiger partial charge >= 0.3 is 5.69 Å². The van der Waals surface area contributed by atoms with Gasteiger partial charge in [-0.3, -0.25) is 19.8 Å². The quantitative estimate of drug-likeness (QED) is 0.432. The number of hydrogen-bond donors (Lipinski definition) is 1. The summed E-state index contributed by atoms with van der Waals surface area (Å²) < 4.78 is 1.66. The molecule has 0 spiro atoms. The Morgan fingerprint density at radius 2 is 2.11 bits per heavy atom. The van der Waals surface area contributed by atoms with Crippen LogP contribution >= 0.6 is 0 Å². The maximum atomic E-state index is 11.4. The van der Waals surface area contributed by atoms with E-state index >= 15 is 0 Å². The molecule has 3 heterocycles. The van der Waals surface area contributed by atoms with Crippen molar-refractivity contribution in [1.29, 1.82) is 0 Å². The van der Waals surface area contributed by atoms with E-state index in [2.05, 4.69) is 20.4 Å². The molecule has 4 aromatic rings. The Kier molecular flexibility index (Phi) is 4.21. The van der Waals surface area contributed by atoms with E-state index in [1.165, 1.54) is 6.07 Å². The van der Waals surface area contributed by atoms with Gasteiger partial charge in [-0.2, -0.15) is 5.10 Å². The highest BCUT2D eigenvalue weighted by Crippen LogP contribution is 2.27. The van der Waals surface area contributed by atoms with Gasteiger partial charge in [-0.15, -0.1) is 0 Å². The molecule has 0 aliphatic rings. The lowest BCUT2D eigenvalue weighted by Crippen LogP contribution is -2.05. The summed E-state index contributed by atoms with van der Waals surface area (Å²) in [6, 6.07) is 12.8. The van der Waals surface area contributed by atoms with Crippen molar-refractivity contribution in [3.8, 4) is 11.3 Å². The van der Waals surface area contributed by atoms with Crippen molar-refractivity contribution in [3.63, 3.8) is 0 Å². The van der Waals surface area contributed by atoms with Crippen molar-refractivity contribution >= 4 is 22.4 Å². The molecule has 8 nitrogen and oxygen atoms in total. The summed E-state index contributed by atoms with van der Waals surface area (Å²) in [5.41, 5.74) is 3.25. The summed E-state index contributed by atoms with van der Waals surface area (Å²) in [6.07, 6.45) is 5.24. The fraction of sp³-hybridized carbons (Fsp3) is 0.105. The molecule has 8 heteroatoms. The molecule has 0 atom stereocenters. The SMILES string of the molecule is Cn1cc(-c2ccc([N+](=O)[O-])c(NCc3ccc4ncccc4c3)n2)cn1. The van der Waals surface area contributed by atoms with Crippen LogP contribution in [0.1, 0.15) is 5.56 Å². The summed E-state index contributed by atoms with van der Waals surface area (Å²) in [6.45, 7) is 0.412. The molecular weight excluding hydrogens is 344 g/mol. The van der Waals surface area contributed by atoms with Gasteiger partial charge in [0, 0.05) is 43.0 Å². The number of hydrogen-bond acceptors (Lipinski definition) is 6. The van der Waals surface area contributed by atoms with Crippen LogP contribution in [-0.4, -0.2) is 24.7 Å². The molecule has 0 unspecified atom stereocenters. The molecule has 1 aromatic carbocycles. The fourth-order valence-electron chi connectivity index (χ4n) is 2.86. The molecule has 0 saturated carbocycles. The number of rotatable bonds is 5. The molecule has 134 valence electrons. The van der Waals surface area contributed by atoms with Crippen LogP contribution in [0.25, 0.3) is 22.2 Å². The molecular formula is C19H16N6O2. The Balaban J connectivity index is 1.63. The summed E-state index contributed by atoms with van der Waals surface area (Å²) in [5, 5.41) is 19.6. The lowest BCUT2D eigenvalue weighted by molar-refractivity contribution is -0.384. The topological polar surface area (TPSA) is 98.8 Å². The second-order valence-electron chi connectivity index (χ2n) is 6.11. The van der Waals surface area contributed by atoms with Crippen molar-refractivity contribution in [2.24, 2.45) is 7.05 Å². The first-order valence-electron chi connectivity index (χ1n) is 8.32. The molecule has 0 aliphatic heterocycles. The molecule has 4 rings (SSSR count). The van der Waals surface area contributed by atoms with Crippen LogP contribution in [0.3, 0.4) is 0 Å². The smallest absolute Gasteiger partial charge is 0.311 e. The summed E-state index contributed by atoms with van der Waals surface area (Å²) >= 11 is 0. The van der Waals surface area contributed by atoms with Crippen molar-refractivity contribution < 1.29 is 4.92 Å². The standard InChI is InChI=1S/C19H16N6O2/c1-24-12-15(11-22-24)17-6-7-18(25(26)27)19(23-17)21-10-13-4-5-16-14(9-13)3-2-8-20-16/h2-9,11-12H,10H2,1H3,(H,21,23). The number of nitrogens with zero attached hydrogens (tertiary/aromatic N) is 5. The zero-order valence-corrected chi connectivity index (χ0v) is 14.5. The van der Waals surface area contributed by atoms with E-state index in [0.29, 0.717) is 12.2 Å². The monoisotopic (exact) mass is 360 g/mol. The van der Waals surface area contributed by atoms with Crippen LogP contribution in [0.2, 0.25) is 0 Å². The number of aromatic nitrogens is 4. The van der Waals surface area contributed by atoms with E-state index in [1.807, 2.05) is 43.6 Å². The molecule has 0 bridgehead atoms. The van der Waals surface area contributed by atoms with Crippen molar-refractivity contribution in [2.45, 2.75) is 6.54 Å². The van der Waals surface area contributed by atoms with Crippen LogP contribution in [0.15, 0.2) is 61.1 Å². The minimum absolute atomic E-state index is 0.0647. The number of anilines is 1. The van der Waals surface area contributed by atoms with Crippen LogP contribution in [0, 0.1) is 10.1 Å². The van der Waals surface area contributed by atoms with E-state index in [9.17, 15) is 10.1 Å². The molecule has 27 heavy (non-hydrogen) atoms. The highest BCUT2D eigenvalue weighted by atomic mass is 16.6. The first-order valence-corrected chi connectivity index (χ1v) is 8.32. The first-order chi connectivity index (χ1) is 13.1. The average Bonchev–Trinajstić information content (AvgIpc) is 3.12. The molecule has 0 radical (unpaired) electrons. The van der Waals surface area contributed by atoms with E-state index < -0.39 is 4.92 Å². The Bertz CT molecular complexity index is 1140. The van der Waals surface area contributed by atoms with Crippen molar-refractivity contribution in [3.05, 3.63) is 76.7 Å². The van der Waals surface area contributed by atoms with Crippen LogP contribution in [0.4, 0.5) is 11.5 Å². The molecule has 0 amide bonds. The Hall–Kier alpha value is -3.81. The predicted molar refractivity (Wildman–Crippen MR) is 102 cm³/mol. The van der Waals surface area contributed by atoms with E-state index in [4.69, 9.17) is 0 Å². The highest BCUT2D eigenvalue weighted by molar-refractivity contribution is 5.79. The Morgan fingerprint density at radius 1 is 1.22 bits per heavy atom. The Labute approximate surface area is 154 Å². The number of pyridine rings is 2. The minimum atomic E-state index is -0.438. The molecule has 1 N–H and O–H groups in total. The Morgan fingerprint density at radius 3 is 2.89 bits per heavy atom. The van der Waals surface area contributed by atoms with Gasteiger partial charge in [0.2, 0.25) is 5.82 Å². The van der Waals surface area contributed by atoms with Gasteiger partial charge in [0.15, 0.2) is 0 Å². The molecule has 0 fully saturated rings. The molecule has 0 aliphatic carbocycles. The molecule has 0 saturated heterocycles. The average molecular weight is 360 g/mol. The second-order valence-corrected chi connectivity index (χ2v) is 6.11. The fourth-order valence-corrected chi connectivity index (χ4v) is 2.86. The normalized spacial score (nSPS) is 10.9. The van der Waals surface area contributed by atoms with E-state index in [0.717, 1.165) is 22.0 Å². The lowest BCUT2D eigenvalue weighted by Gasteiger charge is -2.08. The van der Waals surface area contributed by atoms with Gasteiger partial charge in [0.25, 0.3) is 0 Å². The number of benzene rings is 1. The van der Waals surface area contributed by atoms with Gasteiger partial charge < -0.3 is 5.32 Å². The highest BCUT2D eigenvalue weighted by Gasteiger charge is 2.17. The van der Waals surface area contributed by atoms with Crippen molar-refractivity contribution in [2.75, 3.05) is 5.32 Å². The summed E-state index contributed by atoms with van der Waals surface area (Å²) in [7, 11) is 1.81. The number of nitrogens with one attached hydrogen (secondary N) is 1. The maximum Gasteiger partial charge on any atom is 0.311 e. The number of aryl methyl sites for hydroxylation is 1. The van der Waals surface area contributed by atoms with Gasteiger partial charge in [-0.1, -0.05) is 12.1 Å². The zero-order chi connectivity index (χ0) is 18.8. The lowest BCUT2D eigenvalue weighted by atomic mass is 10.1. The van der Waals surface area contributed by atoms with Crippen LogP contribution in [-0.2, 0) is 13.6 Å². The van der Waals surface area contributed by atoms with Gasteiger partial charge in [-0.25, -0.2) is 4.98 Å². The van der Waals surface area contributed by atoms with Gasteiger partial charge in [-0.05, 0) is 29.8 Å². The predicted octanol–water partition coefficient (Wildman–Crippen LogP) is 3.55. The zero-order valence-electron chi connectivity index (χ0n) is 14.5.